The second-order valence-electron chi connectivity index (χ2n) is 5.85. The highest BCUT2D eigenvalue weighted by atomic mass is 16.5. The molecule has 1 aliphatic heterocycles. The minimum absolute atomic E-state index is 0.0191. The monoisotopic (exact) mass is 315 g/mol. The van der Waals surface area contributed by atoms with Crippen LogP contribution < -0.4 is 5.32 Å². The summed E-state index contributed by atoms with van der Waals surface area (Å²) in [6, 6.07) is 1.60. The summed E-state index contributed by atoms with van der Waals surface area (Å²) in [5.74, 6) is 0.0556. The van der Waals surface area contributed by atoms with Gasteiger partial charge in [0, 0.05) is 43.6 Å². The van der Waals surface area contributed by atoms with Crippen LogP contribution in [0, 0.1) is 19.8 Å². The van der Waals surface area contributed by atoms with Crippen LogP contribution in [0.15, 0.2) is 18.6 Å². The molecule has 2 atom stereocenters. The lowest BCUT2D eigenvalue weighted by molar-refractivity contribution is 0.0837. The van der Waals surface area contributed by atoms with Gasteiger partial charge in [-0.05, 0) is 26.3 Å². The van der Waals surface area contributed by atoms with E-state index >= 15 is 0 Å². The predicted octanol–water partition coefficient (Wildman–Crippen LogP) is 1.33. The fourth-order valence-corrected chi connectivity index (χ4v) is 3.10. The van der Waals surface area contributed by atoms with E-state index in [9.17, 15) is 4.79 Å². The molecule has 3 heterocycles. The van der Waals surface area contributed by atoms with E-state index in [1.165, 1.54) is 6.33 Å². The number of aryl methyl sites for hydroxylation is 2. The summed E-state index contributed by atoms with van der Waals surface area (Å²) in [6.45, 7) is 5.31. The molecule has 0 saturated carbocycles. The Balaban J connectivity index is 1.69. The second-order valence-corrected chi connectivity index (χ2v) is 5.85. The van der Waals surface area contributed by atoms with Crippen LogP contribution in [0.1, 0.15) is 40.0 Å². The molecule has 0 radical (unpaired) electrons. The van der Waals surface area contributed by atoms with Gasteiger partial charge < -0.3 is 10.1 Å². The van der Waals surface area contributed by atoms with E-state index in [1.54, 1.807) is 12.3 Å². The van der Waals surface area contributed by atoms with Gasteiger partial charge in [-0.2, -0.15) is 5.10 Å². The summed E-state index contributed by atoms with van der Waals surface area (Å²) >= 11 is 0. The lowest BCUT2D eigenvalue weighted by Gasteiger charge is -2.19. The number of hydrogen-bond donors (Lipinski definition) is 1. The van der Waals surface area contributed by atoms with Gasteiger partial charge in [0.05, 0.1) is 11.8 Å². The van der Waals surface area contributed by atoms with Gasteiger partial charge in [-0.3, -0.25) is 9.48 Å². The van der Waals surface area contributed by atoms with Crippen LogP contribution in [0.4, 0.5) is 0 Å². The molecule has 0 unspecified atom stereocenters. The summed E-state index contributed by atoms with van der Waals surface area (Å²) in [6.07, 6.45) is 3.84. The zero-order valence-corrected chi connectivity index (χ0v) is 13.6. The molecule has 23 heavy (non-hydrogen) atoms. The minimum atomic E-state index is -0.183. The molecule has 3 rings (SSSR count). The molecular weight excluding hydrogens is 294 g/mol. The van der Waals surface area contributed by atoms with E-state index in [2.05, 4.69) is 20.4 Å². The Bertz CT molecular complexity index is 698. The normalized spacial score (nSPS) is 20.7. The molecule has 1 N–H and O–H groups in total. The van der Waals surface area contributed by atoms with Crippen LogP contribution in [-0.2, 0) is 11.8 Å². The number of ether oxygens (including phenoxy) is 1. The molecule has 0 aromatic carbocycles. The number of nitrogens with zero attached hydrogens (tertiary/aromatic N) is 4. The molecule has 7 nitrogen and oxygen atoms in total. The summed E-state index contributed by atoms with van der Waals surface area (Å²) < 4.78 is 7.81. The molecule has 122 valence electrons. The molecule has 0 spiro atoms. The van der Waals surface area contributed by atoms with Crippen LogP contribution in [0.25, 0.3) is 0 Å². The highest BCUT2D eigenvalue weighted by molar-refractivity contribution is 5.92. The first-order valence-electron chi connectivity index (χ1n) is 7.74. The first kappa shape index (κ1) is 15.6. The van der Waals surface area contributed by atoms with Crippen LogP contribution in [0.3, 0.4) is 0 Å². The summed E-state index contributed by atoms with van der Waals surface area (Å²) in [5, 5.41) is 7.41. The van der Waals surface area contributed by atoms with Crippen LogP contribution >= 0.6 is 0 Å². The number of hydrogen-bond acceptors (Lipinski definition) is 5. The standard InChI is InChI=1S/C16H21N5O2/c1-10-14(11(2)21(3)20-10)15-12(5-7-23-15)8-18-16(22)13-4-6-17-9-19-13/h4,6,9,12,15H,5,7-8H2,1-3H3,(H,18,22)/t12-,15+/m1/s1. The minimum Gasteiger partial charge on any atom is -0.373 e. The van der Waals surface area contributed by atoms with Crippen molar-refractivity contribution < 1.29 is 9.53 Å². The van der Waals surface area contributed by atoms with Crippen molar-refractivity contribution in [3.8, 4) is 0 Å². The van der Waals surface area contributed by atoms with Crippen molar-refractivity contribution >= 4 is 5.91 Å². The Morgan fingerprint density at radius 1 is 1.48 bits per heavy atom. The average molecular weight is 315 g/mol. The van der Waals surface area contributed by atoms with Gasteiger partial charge in [-0.15, -0.1) is 0 Å². The van der Waals surface area contributed by atoms with Gasteiger partial charge in [-0.1, -0.05) is 0 Å². The van der Waals surface area contributed by atoms with Gasteiger partial charge in [0.15, 0.2) is 0 Å². The molecule has 0 aliphatic carbocycles. The summed E-state index contributed by atoms with van der Waals surface area (Å²) in [5.41, 5.74) is 3.63. The molecule has 7 heteroatoms. The summed E-state index contributed by atoms with van der Waals surface area (Å²) in [4.78, 5) is 19.9. The maximum absolute atomic E-state index is 12.1. The first-order valence-corrected chi connectivity index (χ1v) is 7.74. The van der Waals surface area contributed by atoms with Crippen molar-refractivity contribution in [1.29, 1.82) is 0 Å². The van der Waals surface area contributed by atoms with E-state index in [-0.39, 0.29) is 17.9 Å². The zero-order valence-electron chi connectivity index (χ0n) is 13.6. The van der Waals surface area contributed by atoms with Gasteiger partial charge in [0.1, 0.15) is 12.0 Å². The van der Waals surface area contributed by atoms with Crippen molar-refractivity contribution in [2.24, 2.45) is 13.0 Å². The van der Waals surface area contributed by atoms with Gasteiger partial charge in [-0.25, -0.2) is 9.97 Å². The van der Waals surface area contributed by atoms with Crippen molar-refractivity contribution in [2.45, 2.75) is 26.4 Å². The highest BCUT2D eigenvalue weighted by Gasteiger charge is 2.33. The van der Waals surface area contributed by atoms with E-state index in [0.717, 1.165) is 23.4 Å². The van der Waals surface area contributed by atoms with Crippen molar-refractivity contribution in [3.63, 3.8) is 0 Å². The van der Waals surface area contributed by atoms with Crippen LogP contribution in [-0.4, -0.2) is 38.8 Å². The maximum Gasteiger partial charge on any atom is 0.270 e. The number of aromatic nitrogens is 4. The maximum atomic E-state index is 12.1. The number of rotatable bonds is 4. The van der Waals surface area contributed by atoms with E-state index < -0.39 is 0 Å². The molecule has 0 bridgehead atoms. The van der Waals surface area contributed by atoms with E-state index in [4.69, 9.17) is 4.74 Å². The topological polar surface area (TPSA) is 81.9 Å². The first-order chi connectivity index (χ1) is 11.1. The van der Waals surface area contributed by atoms with E-state index in [0.29, 0.717) is 18.8 Å². The molecule has 1 fully saturated rings. The predicted molar refractivity (Wildman–Crippen MR) is 83.8 cm³/mol. The smallest absolute Gasteiger partial charge is 0.270 e. The van der Waals surface area contributed by atoms with Crippen LogP contribution in [0.5, 0.6) is 0 Å². The molecule has 1 saturated heterocycles. The lowest BCUT2D eigenvalue weighted by Crippen LogP contribution is -2.31. The Morgan fingerprint density at radius 2 is 2.30 bits per heavy atom. The third-order valence-corrected chi connectivity index (χ3v) is 4.40. The Morgan fingerprint density at radius 3 is 2.96 bits per heavy atom. The Hall–Kier alpha value is -2.28. The fraction of sp³-hybridized carbons (Fsp3) is 0.500. The summed E-state index contributed by atoms with van der Waals surface area (Å²) in [7, 11) is 1.94. The molecule has 2 aromatic heterocycles. The zero-order chi connectivity index (χ0) is 16.4. The highest BCUT2D eigenvalue weighted by Crippen LogP contribution is 2.37. The third-order valence-electron chi connectivity index (χ3n) is 4.40. The number of carbonyl (C=O) groups is 1. The van der Waals surface area contributed by atoms with Gasteiger partial charge in [0.2, 0.25) is 0 Å². The molecule has 2 aromatic rings. The van der Waals surface area contributed by atoms with E-state index in [1.807, 2.05) is 25.6 Å². The SMILES string of the molecule is Cc1nn(C)c(C)c1[C@H]1OCC[C@@H]1CNC(=O)c1ccncn1. The van der Waals surface area contributed by atoms with Crippen molar-refractivity contribution in [1.82, 2.24) is 25.1 Å². The van der Waals surface area contributed by atoms with Crippen molar-refractivity contribution in [2.75, 3.05) is 13.2 Å². The number of nitrogens with one attached hydrogen (secondary N) is 1. The average Bonchev–Trinajstić information content (AvgIpc) is 3.10. The third kappa shape index (κ3) is 3.10. The number of carbonyl (C=O) groups excluding carboxylic acids is 1. The lowest BCUT2D eigenvalue weighted by atomic mass is 9.94. The Kier molecular flexibility index (Phi) is 4.38. The Labute approximate surface area is 135 Å². The largest absolute Gasteiger partial charge is 0.373 e. The second kappa shape index (κ2) is 6.45. The van der Waals surface area contributed by atoms with Gasteiger partial charge in [0.25, 0.3) is 5.91 Å². The number of amides is 1. The molecule has 1 amide bonds. The molecule has 1 aliphatic rings. The van der Waals surface area contributed by atoms with Gasteiger partial charge >= 0.3 is 0 Å². The quantitative estimate of drug-likeness (QED) is 0.920. The van der Waals surface area contributed by atoms with Crippen LogP contribution in [0.2, 0.25) is 0 Å². The fourth-order valence-electron chi connectivity index (χ4n) is 3.10. The van der Waals surface area contributed by atoms with Crippen molar-refractivity contribution in [3.05, 3.63) is 41.2 Å². The molecular formula is C16H21N5O2.